The Bertz CT molecular complexity index is 969. The van der Waals surface area contributed by atoms with E-state index in [9.17, 15) is 12.8 Å². The first-order chi connectivity index (χ1) is 15.0. The average Bonchev–Trinajstić information content (AvgIpc) is 2.78. The van der Waals surface area contributed by atoms with E-state index in [1.165, 1.54) is 16.4 Å². The van der Waals surface area contributed by atoms with Crippen molar-refractivity contribution >= 4 is 45.8 Å². The molecule has 2 heterocycles. The number of piperazine rings is 1. The van der Waals surface area contributed by atoms with Crippen molar-refractivity contribution in [3.63, 3.8) is 0 Å². The highest BCUT2D eigenvalue weighted by molar-refractivity contribution is 14.0. The molecule has 1 aliphatic rings. The summed E-state index contributed by atoms with van der Waals surface area (Å²) in [5.41, 5.74) is 0.746. The summed E-state index contributed by atoms with van der Waals surface area (Å²) in [6.07, 6.45) is 1.74. The van der Waals surface area contributed by atoms with Crippen LogP contribution in [0.3, 0.4) is 0 Å². The molecule has 1 aromatic carbocycles. The van der Waals surface area contributed by atoms with Crippen LogP contribution in [0.15, 0.2) is 53.7 Å². The van der Waals surface area contributed by atoms with Crippen LogP contribution in [0.4, 0.5) is 10.2 Å². The van der Waals surface area contributed by atoms with E-state index < -0.39 is 10.0 Å². The Labute approximate surface area is 206 Å². The Kier molecular flexibility index (Phi) is 10.6. The minimum absolute atomic E-state index is 0. The van der Waals surface area contributed by atoms with Gasteiger partial charge in [0.15, 0.2) is 5.96 Å². The van der Waals surface area contributed by atoms with E-state index in [1.54, 1.807) is 18.3 Å². The molecule has 0 unspecified atom stereocenters. The van der Waals surface area contributed by atoms with Gasteiger partial charge in [0.25, 0.3) is 0 Å². The fourth-order valence-corrected chi connectivity index (χ4v) is 4.65. The Hall–Kier alpha value is -1.99. The summed E-state index contributed by atoms with van der Waals surface area (Å²) in [4.78, 5) is 10.8. The SMILES string of the molecule is CCNC(=NCc1cccc(F)c1)NCCS(=O)(=O)N1CCN(c2ccccn2)CC1.I. The quantitative estimate of drug-likeness (QED) is 0.284. The van der Waals surface area contributed by atoms with E-state index >= 15 is 0 Å². The van der Waals surface area contributed by atoms with Gasteiger partial charge < -0.3 is 15.5 Å². The van der Waals surface area contributed by atoms with Crippen molar-refractivity contribution in [1.82, 2.24) is 19.9 Å². The molecule has 0 aliphatic carbocycles. The second-order valence-corrected chi connectivity index (χ2v) is 9.23. The minimum Gasteiger partial charge on any atom is -0.357 e. The monoisotopic (exact) mass is 576 g/mol. The van der Waals surface area contributed by atoms with Crippen LogP contribution in [0, 0.1) is 5.82 Å². The van der Waals surface area contributed by atoms with E-state index in [1.807, 2.05) is 25.1 Å². The summed E-state index contributed by atoms with van der Waals surface area (Å²) in [6, 6.07) is 12.0. The Morgan fingerprint density at radius 1 is 1.12 bits per heavy atom. The second kappa shape index (κ2) is 12.9. The molecule has 0 saturated carbocycles. The van der Waals surface area contributed by atoms with Crippen LogP contribution in [0.25, 0.3) is 0 Å². The molecule has 0 spiro atoms. The van der Waals surface area contributed by atoms with Gasteiger partial charge in [-0.15, -0.1) is 24.0 Å². The predicted molar refractivity (Wildman–Crippen MR) is 136 cm³/mol. The largest absolute Gasteiger partial charge is 0.357 e. The number of nitrogens with zero attached hydrogens (tertiary/aromatic N) is 4. The maximum Gasteiger partial charge on any atom is 0.215 e. The van der Waals surface area contributed by atoms with Gasteiger partial charge in [0.05, 0.1) is 12.3 Å². The summed E-state index contributed by atoms with van der Waals surface area (Å²) < 4.78 is 40.3. The molecule has 1 aromatic heterocycles. The number of hydrogen-bond donors (Lipinski definition) is 2. The van der Waals surface area contributed by atoms with Crippen molar-refractivity contribution in [2.75, 3.05) is 49.9 Å². The standard InChI is InChI=1S/C21H29FN6O2S.HI/c1-2-23-21(26-17-18-6-5-7-19(22)16-18)25-10-15-31(29,30)28-13-11-27(12-14-28)20-8-3-4-9-24-20;/h3-9,16H,2,10-15,17H2,1H3,(H2,23,25,26);1H. The van der Waals surface area contributed by atoms with Crippen molar-refractivity contribution in [1.29, 1.82) is 0 Å². The maximum atomic E-state index is 13.3. The lowest BCUT2D eigenvalue weighted by atomic mass is 10.2. The zero-order valence-corrected chi connectivity index (χ0v) is 21.2. The predicted octanol–water partition coefficient (Wildman–Crippen LogP) is 2.05. The van der Waals surface area contributed by atoms with Gasteiger partial charge in [-0.2, -0.15) is 4.31 Å². The zero-order chi connectivity index (χ0) is 22.1. The van der Waals surface area contributed by atoms with Crippen molar-refractivity contribution < 1.29 is 12.8 Å². The molecule has 2 N–H and O–H groups in total. The first kappa shape index (κ1) is 26.3. The van der Waals surface area contributed by atoms with Gasteiger partial charge in [-0.05, 0) is 36.8 Å². The highest BCUT2D eigenvalue weighted by Crippen LogP contribution is 2.14. The summed E-state index contributed by atoms with van der Waals surface area (Å²) in [7, 11) is -3.38. The molecular formula is C21H30FIN6O2S. The van der Waals surface area contributed by atoms with Gasteiger partial charge in [0.1, 0.15) is 11.6 Å². The van der Waals surface area contributed by atoms with Crippen molar-refractivity contribution in [3.8, 4) is 0 Å². The molecule has 3 rings (SSSR count). The molecule has 2 aromatic rings. The lowest BCUT2D eigenvalue weighted by Gasteiger charge is -2.34. The highest BCUT2D eigenvalue weighted by Gasteiger charge is 2.27. The Morgan fingerprint density at radius 3 is 2.56 bits per heavy atom. The number of guanidine groups is 1. The van der Waals surface area contributed by atoms with Crippen LogP contribution in [-0.2, 0) is 16.6 Å². The average molecular weight is 576 g/mol. The number of anilines is 1. The molecular weight excluding hydrogens is 546 g/mol. The number of aromatic nitrogens is 1. The Morgan fingerprint density at radius 2 is 1.91 bits per heavy atom. The van der Waals surface area contributed by atoms with Crippen molar-refractivity contribution in [3.05, 3.63) is 60.0 Å². The minimum atomic E-state index is -3.38. The summed E-state index contributed by atoms with van der Waals surface area (Å²) in [6.45, 7) is 5.20. The molecule has 11 heteroatoms. The smallest absolute Gasteiger partial charge is 0.215 e. The Balaban J connectivity index is 0.00000363. The van der Waals surface area contributed by atoms with Crippen molar-refractivity contribution in [2.45, 2.75) is 13.5 Å². The molecule has 32 heavy (non-hydrogen) atoms. The maximum absolute atomic E-state index is 13.3. The lowest BCUT2D eigenvalue weighted by Crippen LogP contribution is -2.50. The molecule has 8 nitrogen and oxygen atoms in total. The summed E-state index contributed by atoms with van der Waals surface area (Å²) >= 11 is 0. The second-order valence-electron chi connectivity index (χ2n) is 7.14. The highest BCUT2D eigenvalue weighted by atomic mass is 127. The van der Waals surface area contributed by atoms with Crippen LogP contribution >= 0.6 is 24.0 Å². The van der Waals surface area contributed by atoms with Gasteiger partial charge in [-0.3, -0.25) is 0 Å². The number of benzene rings is 1. The number of aliphatic imine (C=N–C) groups is 1. The molecule has 176 valence electrons. The van der Waals surface area contributed by atoms with Crippen LogP contribution in [-0.4, -0.2) is 68.7 Å². The van der Waals surface area contributed by atoms with Gasteiger partial charge in [0, 0.05) is 45.5 Å². The number of nitrogens with one attached hydrogen (secondary N) is 2. The van der Waals surface area contributed by atoms with Gasteiger partial charge >= 0.3 is 0 Å². The third kappa shape index (κ3) is 7.85. The van der Waals surface area contributed by atoms with Gasteiger partial charge in [-0.1, -0.05) is 18.2 Å². The van der Waals surface area contributed by atoms with E-state index in [0.717, 1.165) is 11.4 Å². The topological polar surface area (TPSA) is 89.9 Å². The number of sulfonamides is 1. The van der Waals surface area contributed by atoms with Crippen molar-refractivity contribution in [2.24, 2.45) is 4.99 Å². The molecule has 1 fully saturated rings. The van der Waals surface area contributed by atoms with Gasteiger partial charge in [-0.25, -0.2) is 22.8 Å². The van der Waals surface area contributed by atoms with E-state index in [0.29, 0.717) is 45.2 Å². The molecule has 1 saturated heterocycles. The number of hydrogen-bond acceptors (Lipinski definition) is 5. The summed E-state index contributed by atoms with van der Waals surface area (Å²) in [5.74, 6) is 1.04. The number of rotatable bonds is 8. The van der Waals surface area contributed by atoms with E-state index in [2.05, 4.69) is 25.5 Å². The molecule has 0 amide bonds. The van der Waals surface area contributed by atoms with E-state index in [-0.39, 0.29) is 42.1 Å². The molecule has 0 radical (unpaired) electrons. The van der Waals surface area contributed by atoms with Crippen LogP contribution in [0.5, 0.6) is 0 Å². The third-order valence-electron chi connectivity index (χ3n) is 4.91. The third-order valence-corrected chi connectivity index (χ3v) is 6.78. The van der Waals surface area contributed by atoms with Crippen LogP contribution < -0.4 is 15.5 Å². The lowest BCUT2D eigenvalue weighted by molar-refractivity contribution is 0.384. The number of pyridine rings is 1. The van der Waals surface area contributed by atoms with Crippen LogP contribution in [0.1, 0.15) is 12.5 Å². The first-order valence-corrected chi connectivity index (χ1v) is 12.0. The first-order valence-electron chi connectivity index (χ1n) is 10.4. The fourth-order valence-electron chi connectivity index (χ4n) is 3.31. The zero-order valence-electron chi connectivity index (χ0n) is 18.1. The van der Waals surface area contributed by atoms with Gasteiger partial charge in [0.2, 0.25) is 10.0 Å². The molecule has 0 bridgehead atoms. The summed E-state index contributed by atoms with van der Waals surface area (Å²) in [5, 5.41) is 6.13. The van der Waals surface area contributed by atoms with Crippen LogP contribution in [0.2, 0.25) is 0 Å². The normalized spacial score (nSPS) is 15.2. The molecule has 1 aliphatic heterocycles. The fraction of sp³-hybridized carbons (Fsp3) is 0.429. The molecule has 0 atom stereocenters. The van der Waals surface area contributed by atoms with E-state index in [4.69, 9.17) is 0 Å². The number of halogens is 2.